The molecular formula is C16H20ClN3O4. The van der Waals surface area contributed by atoms with Gasteiger partial charge in [-0.3, -0.25) is 4.79 Å². The second kappa shape index (κ2) is 7.11. The largest absolute Gasteiger partial charge is 0.489 e. The number of fused-ring (bicyclic) bond motifs is 1. The summed E-state index contributed by atoms with van der Waals surface area (Å²) in [5.41, 5.74) is 8.14. The summed E-state index contributed by atoms with van der Waals surface area (Å²) in [7, 11) is 1.67. The van der Waals surface area contributed by atoms with Crippen molar-refractivity contribution < 1.29 is 18.8 Å². The van der Waals surface area contributed by atoms with E-state index in [1.165, 1.54) is 4.90 Å². The highest BCUT2D eigenvalue weighted by molar-refractivity contribution is 5.98. The first-order valence-corrected chi connectivity index (χ1v) is 7.32. The summed E-state index contributed by atoms with van der Waals surface area (Å²) in [6, 6.07) is 4.68. The molecule has 1 atom stereocenters. The highest BCUT2D eigenvalue weighted by Gasteiger charge is 2.26. The molecule has 1 aromatic carbocycles. The van der Waals surface area contributed by atoms with Crippen LogP contribution >= 0.6 is 12.4 Å². The number of carbonyl (C=O) groups excluding carboxylic acids is 1. The third-order valence-corrected chi connectivity index (χ3v) is 3.92. The molecule has 0 spiro atoms. The molecule has 0 fully saturated rings. The van der Waals surface area contributed by atoms with Crippen LogP contribution in [0.25, 0.3) is 0 Å². The van der Waals surface area contributed by atoms with E-state index >= 15 is 0 Å². The Bertz CT molecular complexity index is 727. The Morgan fingerprint density at radius 3 is 2.83 bits per heavy atom. The molecule has 0 aliphatic carbocycles. The van der Waals surface area contributed by atoms with Gasteiger partial charge in [0.05, 0.1) is 16.9 Å². The van der Waals surface area contributed by atoms with Crippen molar-refractivity contribution in [1.29, 1.82) is 0 Å². The number of rotatable bonds is 3. The average Bonchev–Trinajstić information content (AvgIpc) is 2.82. The number of halogens is 1. The van der Waals surface area contributed by atoms with E-state index in [0.29, 0.717) is 23.8 Å². The van der Waals surface area contributed by atoms with E-state index in [1.807, 2.05) is 13.8 Å². The monoisotopic (exact) mass is 353 g/mol. The number of anilines is 1. The maximum Gasteiger partial charge on any atom is 0.247 e. The van der Waals surface area contributed by atoms with E-state index < -0.39 is 6.04 Å². The number of aryl methyl sites for hydroxylation is 2. The summed E-state index contributed by atoms with van der Waals surface area (Å²) in [5.74, 6) is 1.78. The first-order valence-electron chi connectivity index (χ1n) is 7.32. The van der Waals surface area contributed by atoms with Crippen LogP contribution in [0, 0.1) is 13.8 Å². The summed E-state index contributed by atoms with van der Waals surface area (Å²) >= 11 is 0. The molecule has 2 heterocycles. The first kappa shape index (κ1) is 18.1. The summed E-state index contributed by atoms with van der Waals surface area (Å²) in [6.45, 7) is 4.22. The number of nitrogens with two attached hydrogens (primary N) is 1. The van der Waals surface area contributed by atoms with Gasteiger partial charge in [-0.25, -0.2) is 0 Å². The first-order chi connectivity index (χ1) is 11.0. The normalized spacial score (nSPS) is 16.8. The average molecular weight is 354 g/mol. The second-order valence-electron chi connectivity index (χ2n) is 5.54. The van der Waals surface area contributed by atoms with E-state index in [-0.39, 0.29) is 24.9 Å². The van der Waals surface area contributed by atoms with Gasteiger partial charge in [0.25, 0.3) is 0 Å². The maximum atomic E-state index is 12.1. The number of carbonyl (C=O) groups is 1. The van der Waals surface area contributed by atoms with Crippen LogP contribution in [0.15, 0.2) is 22.7 Å². The predicted molar refractivity (Wildman–Crippen MR) is 90.9 cm³/mol. The van der Waals surface area contributed by atoms with E-state index in [4.69, 9.17) is 19.7 Å². The van der Waals surface area contributed by atoms with Crippen LogP contribution in [0.4, 0.5) is 5.69 Å². The van der Waals surface area contributed by atoms with Crippen molar-refractivity contribution in [3.63, 3.8) is 0 Å². The minimum atomic E-state index is -0.668. The summed E-state index contributed by atoms with van der Waals surface area (Å²) in [5, 5.41) is 3.90. The Hall–Kier alpha value is -2.25. The third-order valence-electron chi connectivity index (χ3n) is 3.92. The molecule has 8 heteroatoms. The Kier molecular flexibility index (Phi) is 5.36. The molecular weight excluding hydrogens is 334 g/mol. The second-order valence-corrected chi connectivity index (χ2v) is 5.54. The van der Waals surface area contributed by atoms with Gasteiger partial charge < -0.3 is 24.6 Å². The number of hydrogen-bond donors (Lipinski definition) is 1. The molecule has 1 amide bonds. The van der Waals surface area contributed by atoms with Crippen molar-refractivity contribution >= 4 is 24.0 Å². The van der Waals surface area contributed by atoms with Crippen molar-refractivity contribution in [3.05, 3.63) is 35.2 Å². The Balaban J connectivity index is 0.00000208. The zero-order valence-electron chi connectivity index (χ0n) is 13.7. The molecule has 0 saturated carbocycles. The molecule has 0 bridgehead atoms. The molecule has 0 radical (unpaired) electrons. The van der Waals surface area contributed by atoms with Crippen LogP contribution in [0.2, 0.25) is 0 Å². The Labute approximate surface area is 146 Å². The number of ether oxygens (including phenoxy) is 2. The lowest BCUT2D eigenvalue weighted by atomic mass is 10.2. The number of benzene rings is 1. The number of hydrogen-bond acceptors (Lipinski definition) is 6. The van der Waals surface area contributed by atoms with Gasteiger partial charge in [0.1, 0.15) is 36.5 Å². The lowest BCUT2D eigenvalue weighted by molar-refractivity contribution is -0.119. The topological polar surface area (TPSA) is 90.8 Å². The number of aromatic nitrogens is 1. The van der Waals surface area contributed by atoms with Crippen LogP contribution in [0.3, 0.4) is 0 Å². The standard InChI is InChI=1S/C16H19N3O4.ClH/c1-9-12(10(2)23-18-9)7-21-11-4-5-15-14(6-11)19(3)16(20)13(17)8-22-15;/h4-6,13H,7-8,17H2,1-3H3;1H/t13-;/m0./s1. The van der Waals surface area contributed by atoms with Gasteiger partial charge in [0.2, 0.25) is 5.91 Å². The number of nitrogens with zero attached hydrogens (tertiary/aromatic N) is 2. The van der Waals surface area contributed by atoms with Crippen LogP contribution in [0.5, 0.6) is 11.5 Å². The van der Waals surface area contributed by atoms with Crippen molar-refractivity contribution in [2.45, 2.75) is 26.5 Å². The number of likely N-dealkylation sites (N-methyl/N-ethyl adjacent to an activating group) is 1. The third kappa shape index (κ3) is 3.32. The van der Waals surface area contributed by atoms with Gasteiger partial charge >= 0.3 is 0 Å². The summed E-state index contributed by atoms with van der Waals surface area (Å²) < 4.78 is 16.5. The van der Waals surface area contributed by atoms with Gasteiger partial charge in [-0.1, -0.05) is 5.16 Å². The molecule has 0 unspecified atom stereocenters. The molecule has 130 valence electrons. The van der Waals surface area contributed by atoms with Crippen molar-refractivity contribution in [1.82, 2.24) is 5.16 Å². The maximum absolute atomic E-state index is 12.1. The fourth-order valence-corrected chi connectivity index (χ4v) is 2.45. The minimum absolute atomic E-state index is 0. The highest BCUT2D eigenvalue weighted by Crippen LogP contribution is 2.34. The molecule has 3 rings (SSSR count). The van der Waals surface area contributed by atoms with E-state index in [1.54, 1.807) is 25.2 Å². The summed E-state index contributed by atoms with van der Waals surface area (Å²) in [6.07, 6.45) is 0. The Morgan fingerprint density at radius 2 is 2.17 bits per heavy atom. The zero-order chi connectivity index (χ0) is 16.6. The molecule has 1 aromatic heterocycles. The van der Waals surface area contributed by atoms with Crippen LogP contribution in [0.1, 0.15) is 17.0 Å². The number of amides is 1. The molecule has 1 aliphatic rings. The fourth-order valence-electron chi connectivity index (χ4n) is 2.45. The zero-order valence-corrected chi connectivity index (χ0v) is 14.6. The van der Waals surface area contributed by atoms with Crippen LogP contribution in [-0.2, 0) is 11.4 Å². The van der Waals surface area contributed by atoms with Crippen molar-refractivity contribution in [2.24, 2.45) is 5.73 Å². The molecule has 2 N–H and O–H groups in total. The SMILES string of the molecule is Cc1noc(C)c1COc1ccc2c(c1)N(C)C(=O)[C@@H](N)CO2.Cl. The molecule has 7 nitrogen and oxygen atoms in total. The molecule has 2 aromatic rings. The Morgan fingerprint density at radius 1 is 1.42 bits per heavy atom. The lowest BCUT2D eigenvalue weighted by Gasteiger charge is -2.18. The van der Waals surface area contributed by atoms with Crippen LogP contribution in [-0.4, -0.2) is 30.8 Å². The quantitative estimate of drug-likeness (QED) is 0.907. The summed E-state index contributed by atoms with van der Waals surface area (Å²) in [4.78, 5) is 13.6. The van der Waals surface area contributed by atoms with Crippen molar-refractivity contribution in [3.8, 4) is 11.5 Å². The van der Waals surface area contributed by atoms with Gasteiger partial charge in [0, 0.05) is 13.1 Å². The van der Waals surface area contributed by atoms with Gasteiger partial charge in [-0.2, -0.15) is 0 Å². The predicted octanol–water partition coefficient (Wildman–Crippen LogP) is 1.97. The smallest absolute Gasteiger partial charge is 0.247 e. The minimum Gasteiger partial charge on any atom is -0.489 e. The van der Waals surface area contributed by atoms with E-state index in [0.717, 1.165) is 17.0 Å². The van der Waals surface area contributed by atoms with Gasteiger partial charge in [-0.05, 0) is 26.0 Å². The highest BCUT2D eigenvalue weighted by atomic mass is 35.5. The van der Waals surface area contributed by atoms with E-state index in [2.05, 4.69) is 5.16 Å². The van der Waals surface area contributed by atoms with Gasteiger partial charge in [0.15, 0.2) is 0 Å². The molecule has 1 aliphatic heterocycles. The van der Waals surface area contributed by atoms with E-state index in [9.17, 15) is 4.79 Å². The van der Waals surface area contributed by atoms with Crippen molar-refractivity contribution in [2.75, 3.05) is 18.6 Å². The molecule has 24 heavy (non-hydrogen) atoms. The van der Waals surface area contributed by atoms with Gasteiger partial charge in [-0.15, -0.1) is 12.4 Å². The van der Waals surface area contributed by atoms with Crippen LogP contribution < -0.4 is 20.1 Å². The molecule has 0 saturated heterocycles. The lowest BCUT2D eigenvalue weighted by Crippen LogP contribution is -2.43. The fraction of sp³-hybridized carbons (Fsp3) is 0.375.